The zero-order chi connectivity index (χ0) is 8.36. The van der Waals surface area contributed by atoms with Gasteiger partial charge in [0.15, 0.2) is 6.10 Å². The summed E-state index contributed by atoms with van der Waals surface area (Å²) in [6.45, 7) is 5.49. The second-order valence-electron chi connectivity index (χ2n) is 3.32. The molecule has 0 aliphatic carbocycles. The van der Waals surface area contributed by atoms with E-state index in [1.54, 1.807) is 0 Å². The summed E-state index contributed by atoms with van der Waals surface area (Å²) in [5.74, 6) is -0.907. The van der Waals surface area contributed by atoms with Crippen LogP contribution < -0.4 is 0 Å². The van der Waals surface area contributed by atoms with Gasteiger partial charge in [0.25, 0.3) is 0 Å². The van der Waals surface area contributed by atoms with Gasteiger partial charge in [-0.3, -0.25) is 0 Å². The predicted octanol–water partition coefficient (Wildman–Crippen LogP) is 1.13. The Morgan fingerprint density at radius 1 is 1.50 bits per heavy atom. The van der Waals surface area contributed by atoms with Gasteiger partial charge >= 0.3 is 5.97 Å². The van der Waals surface area contributed by atoms with E-state index >= 15 is 0 Å². The minimum absolute atomic E-state index is 0.333. The third kappa shape index (κ3) is 2.35. The largest absolute Gasteiger partial charge is 0.479 e. The highest BCUT2D eigenvalue weighted by Crippen LogP contribution is 2.21. The van der Waals surface area contributed by atoms with Gasteiger partial charge in [-0.15, -0.1) is 0 Å². The molecule has 0 saturated carbocycles. The molecule has 10 heavy (non-hydrogen) atoms. The van der Waals surface area contributed by atoms with Gasteiger partial charge in [0, 0.05) is 7.11 Å². The standard InChI is InChI=1S/C7H14O3/c1-7(2,3)5(10-4)6(8)9/h5H,1-4H3,(H,8,9). The third-order valence-electron chi connectivity index (χ3n) is 1.25. The van der Waals surface area contributed by atoms with Crippen LogP contribution in [0, 0.1) is 5.41 Å². The fourth-order valence-corrected chi connectivity index (χ4v) is 0.825. The summed E-state index contributed by atoms with van der Waals surface area (Å²) in [4.78, 5) is 10.5. The lowest BCUT2D eigenvalue weighted by Crippen LogP contribution is -2.35. The summed E-state index contributed by atoms with van der Waals surface area (Å²) in [5, 5.41) is 8.58. The zero-order valence-electron chi connectivity index (χ0n) is 6.84. The summed E-state index contributed by atoms with van der Waals surface area (Å²) >= 11 is 0. The molecule has 0 saturated heterocycles. The molecular weight excluding hydrogens is 132 g/mol. The molecule has 0 fully saturated rings. The fraction of sp³-hybridized carbons (Fsp3) is 0.857. The number of carboxylic acid groups (broad SMARTS) is 1. The van der Waals surface area contributed by atoms with E-state index in [1.165, 1.54) is 7.11 Å². The Morgan fingerprint density at radius 2 is 1.90 bits per heavy atom. The zero-order valence-corrected chi connectivity index (χ0v) is 6.84. The van der Waals surface area contributed by atoms with Crippen molar-refractivity contribution in [1.82, 2.24) is 0 Å². The van der Waals surface area contributed by atoms with Crippen LogP contribution in [0.3, 0.4) is 0 Å². The first-order valence-corrected chi connectivity index (χ1v) is 3.15. The first-order chi connectivity index (χ1) is 4.39. The number of carbonyl (C=O) groups is 1. The Labute approximate surface area is 61.0 Å². The number of ether oxygens (including phenoxy) is 1. The van der Waals surface area contributed by atoms with Crippen LogP contribution in [0.2, 0.25) is 0 Å². The Kier molecular flexibility index (Phi) is 2.84. The van der Waals surface area contributed by atoms with Crippen molar-refractivity contribution in [3.05, 3.63) is 0 Å². The quantitative estimate of drug-likeness (QED) is 0.635. The van der Waals surface area contributed by atoms with Crippen molar-refractivity contribution in [2.45, 2.75) is 26.9 Å². The topological polar surface area (TPSA) is 46.5 Å². The highest BCUT2D eigenvalue weighted by molar-refractivity contribution is 5.73. The number of hydrogen-bond acceptors (Lipinski definition) is 2. The van der Waals surface area contributed by atoms with Gasteiger partial charge in [-0.1, -0.05) is 20.8 Å². The van der Waals surface area contributed by atoms with Crippen molar-refractivity contribution in [2.75, 3.05) is 7.11 Å². The monoisotopic (exact) mass is 146 g/mol. The second-order valence-corrected chi connectivity index (χ2v) is 3.32. The summed E-state index contributed by atoms with van der Waals surface area (Å²) in [7, 11) is 1.41. The molecule has 0 radical (unpaired) electrons. The molecule has 1 unspecified atom stereocenters. The highest BCUT2D eigenvalue weighted by atomic mass is 16.5. The smallest absolute Gasteiger partial charge is 0.333 e. The number of aliphatic carboxylic acids is 1. The summed E-state index contributed by atoms with van der Waals surface area (Å²) in [6.07, 6.45) is -0.715. The van der Waals surface area contributed by atoms with Gasteiger partial charge in [-0.2, -0.15) is 0 Å². The van der Waals surface area contributed by atoms with Gasteiger partial charge < -0.3 is 9.84 Å². The average Bonchev–Trinajstić information content (AvgIpc) is 1.60. The maximum atomic E-state index is 10.5. The van der Waals surface area contributed by atoms with E-state index in [0.29, 0.717) is 0 Å². The van der Waals surface area contributed by atoms with E-state index in [1.807, 2.05) is 20.8 Å². The van der Waals surface area contributed by atoms with E-state index < -0.39 is 12.1 Å². The molecule has 0 aliphatic heterocycles. The van der Waals surface area contributed by atoms with Crippen molar-refractivity contribution in [2.24, 2.45) is 5.41 Å². The average molecular weight is 146 g/mol. The van der Waals surface area contributed by atoms with Crippen LogP contribution in [-0.2, 0) is 9.53 Å². The molecule has 3 nitrogen and oxygen atoms in total. The lowest BCUT2D eigenvalue weighted by atomic mass is 9.89. The minimum atomic E-state index is -0.907. The van der Waals surface area contributed by atoms with Crippen LogP contribution >= 0.6 is 0 Å². The lowest BCUT2D eigenvalue weighted by Gasteiger charge is -2.24. The van der Waals surface area contributed by atoms with Crippen LogP contribution in [0.25, 0.3) is 0 Å². The Hall–Kier alpha value is -0.570. The Balaban J connectivity index is 4.22. The third-order valence-corrected chi connectivity index (χ3v) is 1.25. The summed E-state index contributed by atoms with van der Waals surface area (Å²) < 4.78 is 4.78. The van der Waals surface area contributed by atoms with Crippen molar-refractivity contribution in [3.63, 3.8) is 0 Å². The first kappa shape index (κ1) is 9.43. The molecule has 0 rings (SSSR count). The molecule has 0 heterocycles. The maximum absolute atomic E-state index is 10.5. The van der Waals surface area contributed by atoms with Crippen molar-refractivity contribution in [1.29, 1.82) is 0 Å². The molecule has 0 bridgehead atoms. The predicted molar refractivity (Wildman–Crippen MR) is 37.9 cm³/mol. The maximum Gasteiger partial charge on any atom is 0.333 e. The van der Waals surface area contributed by atoms with Gasteiger partial charge in [-0.25, -0.2) is 4.79 Å². The van der Waals surface area contributed by atoms with E-state index in [2.05, 4.69) is 0 Å². The van der Waals surface area contributed by atoms with Crippen molar-refractivity contribution in [3.8, 4) is 0 Å². The van der Waals surface area contributed by atoms with Gasteiger partial charge in [-0.05, 0) is 5.41 Å². The first-order valence-electron chi connectivity index (χ1n) is 3.15. The summed E-state index contributed by atoms with van der Waals surface area (Å²) in [5.41, 5.74) is -0.333. The fourth-order valence-electron chi connectivity index (χ4n) is 0.825. The van der Waals surface area contributed by atoms with E-state index in [0.717, 1.165) is 0 Å². The number of methoxy groups -OCH3 is 1. The van der Waals surface area contributed by atoms with Gasteiger partial charge in [0.2, 0.25) is 0 Å². The van der Waals surface area contributed by atoms with Crippen LogP contribution in [0.1, 0.15) is 20.8 Å². The normalized spacial score (nSPS) is 14.8. The van der Waals surface area contributed by atoms with Crippen molar-refractivity contribution >= 4 is 5.97 Å². The number of rotatable bonds is 2. The molecular formula is C7H14O3. The molecule has 0 spiro atoms. The molecule has 1 atom stereocenters. The SMILES string of the molecule is COC(C(=O)O)C(C)(C)C. The van der Waals surface area contributed by atoms with Crippen LogP contribution in [0.4, 0.5) is 0 Å². The van der Waals surface area contributed by atoms with E-state index in [-0.39, 0.29) is 5.41 Å². The molecule has 1 N–H and O–H groups in total. The van der Waals surface area contributed by atoms with E-state index in [4.69, 9.17) is 9.84 Å². The summed E-state index contributed by atoms with van der Waals surface area (Å²) in [6, 6.07) is 0. The molecule has 0 amide bonds. The molecule has 3 heteroatoms. The van der Waals surface area contributed by atoms with E-state index in [9.17, 15) is 4.79 Å². The minimum Gasteiger partial charge on any atom is -0.479 e. The van der Waals surface area contributed by atoms with Crippen LogP contribution in [-0.4, -0.2) is 24.3 Å². The molecule has 0 aromatic rings. The number of carboxylic acids is 1. The molecule has 0 aromatic carbocycles. The lowest BCUT2D eigenvalue weighted by molar-refractivity contribution is -0.155. The van der Waals surface area contributed by atoms with Gasteiger partial charge in [0.1, 0.15) is 0 Å². The van der Waals surface area contributed by atoms with Crippen molar-refractivity contribution < 1.29 is 14.6 Å². The molecule has 0 aliphatic rings. The van der Waals surface area contributed by atoms with Crippen LogP contribution in [0.5, 0.6) is 0 Å². The Morgan fingerprint density at radius 3 is 1.90 bits per heavy atom. The highest BCUT2D eigenvalue weighted by Gasteiger charge is 2.30. The molecule has 0 aromatic heterocycles. The molecule has 60 valence electrons. The van der Waals surface area contributed by atoms with Gasteiger partial charge in [0.05, 0.1) is 0 Å². The number of hydrogen-bond donors (Lipinski definition) is 1. The Bertz CT molecular complexity index is 123. The van der Waals surface area contributed by atoms with Crippen LogP contribution in [0.15, 0.2) is 0 Å². The second kappa shape index (κ2) is 3.01.